The maximum atomic E-state index is 11.9. The Labute approximate surface area is 150 Å². The largest absolute Gasteiger partial charge is 0.342 e. The van der Waals surface area contributed by atoms with Gasteiger partial charge in [0.1, 0.15) is 0 Å². The minimum Gasteiger partial charge on any atom is -0.342 e. The van der Waals surface area contributed by atoms with Gasteiger partial charge >= 0.3 is 0 Å². The van der Waals surface area contributed by atoms with Gasteiger partial charge in [-0.25, -0.2) is 0 Å². The van der Waals surface area contributed by atoms with E-state index in [1.165, 1.54) is 11.3 Å². The van der Waals surface area contributed by atoms with Gasteiger partial charge in [-0.15, -0.1) is 11.3 Å². The van der Waals surface area contributed by atoms with Gasteiger partial charge in [0, 0.05) is 22.2 Å². The van der Waals surface area contributed by atoms with Crippen molar-refractivity contribution >= 4 is 40.4 Å². The maximum absolute atomic E-state index is 11.9. The Balaban J connectivity index is 1.82. The smallest absolute Gasteiger partial charge is 0.261 e. The van der Waals surface area contributed by atoms with E-state index in [9.17, 15) is 14.4 Å². The summed E-state index contributed by atoms with van der Waals surface area (Å²) >= 11 is 1.38. The third kappa shape index (κ3) is 5.72. The lowest BCUT2D eigenvalue weighted by Crippen LogP contribution is -2.32. The van der Waals surface area contributed by atoms with Crippen molar-refractivity contribution in [2.24, 2.45) is 5.92 Å². The molecule has 0 aliphatic heterocycles. The molecule has 0 bridgehead atoms. The van der Waals surface area contributed by atoms with E-state index in [1.807, 2.05) is 26.8 Å². The van der Waals surface area contributed by atoms with Crippen LogP contribution < -0.4 is 16.0 Å². The highest BCUT2D eigenvalue weighted by atomic mass is 32.1. The lowest BCUT2D eigenvalue weighted by atomic mass is 10.2. The van der Waals surface area contributed by atoms with Gasteiger partial charge in [0.2, 0.25) is 11.8 Å². The van der Waals surface area contributed by atoms with Gasteiger partial charge in [0.15, 0.2) is 0 Å². The van der Waals surface area contributed by atoms with Gasteiger partial charge < -0.3 is 16.0 Å². The van der Waals surface area contributed by atoms with Crippen molar-refractivity contribution in [1.29, 1.82) is 0 Å². The number of anilines is 2. The number of hydrogen-bond donors (Lipinski definition) is 3. The monoisotopic (exact) mass is 359 g/mol. The van der Waals surface area contributed by atoms with Crippen molar-refractivity contribution < 1.29 is 14.4 Å². The molecule has 7 heteroatoms. The second kappa shape index (κ2) is 8.43. The van der Waals surface area contributed by atoms with Gasteiger partial charge in [-0.2, -0.15) is 0 Å². The van der Waals surface area contributed by atoms with E-state index in [0.717, 1.165) is 4.88 Å². The molecule has 1 aromatic carbocycles. The Kier molecular flexibility index (Phi) is 6.30. The van der Waals surface area contributed by atoms with Gasteiger partial charge in [0.05, 0.1) is 11.4 Å². The first kappa shape index (κ1) is 18.7. The van der Waals surface area contributed by atoms with Crippen LogP contribution in [0, 0.1) is 12.8 Å². The number of amides is 3. The van der Waals surface area contributed by atoms with Crippen molar-refractivity contribution in [3.05, 3.63) is 46.2 Å². The second-order valence-corrected chi connectivity index (χ2v) is 7.15. The van der Waals surface area contributed by atoms with E-state index in [4.69, 9.17) is 0 Å². The third-order valence-electron chi connectivity index (χ3n) is 3.33. The molecule has 3 amide bonds. The number of thiophene rings is 1. The zero-order valence-corrected chi connectivity index (χ0v) is 15.2. The van der Waals surface area contributed by atoms with Crippen LogP contribution in [-0.4, -0.2) is 24.3 Å². The molecule has 1 heterocycles. The first-order valence-corrected chi connectivity index (χ1v) is 8.72. The summed E-state index contributed by atoms with van der Waals surface area (Å²) in [5, 5.41) is 8.05. The van der Waals surface area contributed by atoms with Crippen molar-refractivity contribution in [3.63, 3.8) is 0 Å². The molecule has 6 nitrogen and oxygen atoms in total. The molecule has 0 spiro atoms. The fraction of sp³-hybridized carbons (Fsp3) is 0.278. The number of carbonyl (C=O) groups excluding carboxylic acids is 3. The summed E-state index contributed by atoms with van der Waals surface area (Å²) in [7, 11) is 0. The summed E-state index contributed by atoms with van der Waals surface area (Å²) in [5.41, 5.74) is 1.26. The van der Waals surface area contributed by atoms with Crippen LogP contribution in [-0.2, 0) is 9.59 Å². The van der Waals surface area contributed by atoms with Crippen molar-refractivity contribution in [1.82, 2.24) is 5.32 Å². The molecule has 0 atom stereocenters. The van der Waals surface area contributed by atoms with Crippen LogP contribution in [0.15, 0.2) is 36.4 Å². The van der Waals surface area contributed by atoms with Crippen LogP contribution in [0.1, 0.15) is 28.4 Å². The minimum absolute atomic E-state index is 0.0664. The standard InChI is InChI=1S/C18H21N3O3S/c1-11(2)17(23)21-14-7-5-13(6-8-14)20-16(22)10-19-18(24)15-9-4-12(3)25-15/h4-9,11H,10H2,1-3H3,(H,19,24)(H,20,22)(H,21,23). The molecule has 0 radical (unpaired) electrons. The Morgan fingerprint density at radius 2 is 1.56 bits per heavy atom. The van der Waals surface area contributed by atoms with Crippen LogP contribution in [0.5, 0.6) is 0 Å². The van der Waals surface area contributed by atoms with E-state index in [0.29, 0.717) is 16.3 Å². The predicted octanol–water partition coefficient (Wildman–Crippen LogP) is 3.02. The number of benzene rings is 1. The lowest BCUT2D eigenvalue weighted by molar-refractivity contribution is -0.119. The van der Waals surface area contributed by atoms with Crippen LogP contribution in [0.2, 0.25) is 0 Å². The van der Waals surface area contributed by atoms with E-state index >= 15 is 0 Å². The summed E-state index contributed by atoms with van der Waals surface area (Å²) in [6, 6.07) is 10.4. The summed E-state index contributed by atoms with van der Waals surface area (Å²) in [4.78, 5) is 37.1. The maximum Gasteiger partial charge on any atom is 0.261 e. The molecule has 2 aromatic rings. The van der Waals surface area contributed by atoms with Crippen LogP contribution >= 0.6 is 11.3 Å². The second-order valence-electron chi connectivity index (χ2n) is 5.86. The van der Waals surface area contributed by atoms with Crippen molar-refractivity contribution in [3.8, 4) is 0 Å². The zero-order valence-electron chi connectivity index (χ0n) is 14.4. The Hall–Kier alpha value is -2.67. The SMILES string of the molecule is Cc1ccc(C(=O)NCC(=O)Nc2ccc(NC(=O)C(C)C)cc2)s1. The van der Waals surface area contributed by atoms with E-state index in [-0.39, 0.29) is 30.2 Å². The summed E-state index contributed by atoms with van der Waals surface area (Å²) < 4.78 is 0. The first-order valence-electron chi connectivity index (χ1n) is 7.90. The molecule has 0 fully saturated rings. The molecule has 0 unspecified atom stereocenters. The van der Waals surface area contributed by atoms with Crippen LogP contribution in [0.4, 0.5) is 11.4 Å². The van der Waals surface area contributed by atoms with E-state index in [2.05, 4.69) is 16.0 Å². The fourth-order valence-corrected chi connectivity index (χ4v) is 2.72. The normalized spacial score (nSPS) is 10.4. The average Bonchev–Trinajstić information content (AvgIpc) is 3.01. The lowest BCUT2D eigenvalue weighted by Gasteiger charge is -2.09. The number of rotatable bonds is 6. The molecule has 1 aromatic heterocycles. The molecule has 3 N–H and O–H groups in total. The van der Waals surface area contributed by atoms with Crippen LogP contribution in [0.25, 0.3) is 0 Å². The Morgan fingerprint density at radius 3 is 2.08 bits per heavy atom. The van der Waals surface area contributed by atoms with Crippen molar-refractivity contribution in [2.75, 3.05) is 17.2 Å². The molecule has 25 heavy (non-hydrogen) atoms. The Morgan fingerprint density at radius 1 is 0.960 bits per heavy atom. The number of carbonyl (C=O) groups is 3. The summed E-state index contributed by atoms with van der Waals surface area (Å²) in [5.74, 6) is -0.751. The Bertz CT molecular complexity index is 766. The molecule has 0 aliphatic rings. The quantitative estimate of drug-likeness (QED) is 0.741. The predicted molar refractivity (Wildman–Crippen MR) is 99.9 cm³/mol. The minimum atomic E-state index is -0.319. The van der Waals surface area contributed by atoms with Gasteiger partial charge in [-0.3, -0.25) is 14.4 Å². The molecule has 132 valence electrons. The van der Waals surface area contributed by atoms with Crippen LogP contribution in [0.3, 0.4) is 0 Å². The van der Waals surface area contributed by atoms with E-state index < -0.39 is 0 Å². The average molecular weight is 359 g/mol. The van der Waals surface area contributed by atoms with Gasteiger partial charge in [-0.1, -0.05) is 13.8 Å². The highest BCUT2D eigenvalue weighted by molar-refractivity contribution is 7.13. The number of hydrogen-bond acceptors (Lipinski definition) is 4. The fourth-order valence-electron chi connectivity index (χ4n) is 1.93. The van der Waals surface area contributed by atoms with Crippen molar-refractivity contribution in [2.45, 2.75) is 20.8 Å². The molecule has 0 saturated carbocycles. The zero-order chi connectivity index (χ0) is 18.4. The van der Waals surface area contributed by atoms with Gasteiger partial charge in [0.25, 0.3) is 5.91 Å². The molecule has 0 saturated heterocycles. The van der Waals surface area contributed by atoms with Gasteiger partial charge in [-0.05, 0) is 43.3 Å². The summed E-state index contributed by atoms with van der Waals surface area (Å²) in [6.45, 7) is 5.44. The highest BCUT2D eigenvalue weighted by Crippen LogP contribution is 2.15. The van der Waals surface area contributed by atoms with E-state index in [1.54, 1.807) is 30.3 Å². The first-order chi connectivity index (χ1) is 11.8. The topological polar surface area (TPSA) is 87.3 Å². The summed E-state index contributed by atoms with van der Waals surface area (Å²) in [6.07, 6.45) is 0. The highest BCUT2D eigenvalue weighted by Gasteiger charge is 2.10. The third-order valence-corrected chi connectivity index (χ3v) is 4.33. The molecule has 0 aliphatic carbocycles. The number of nitrogens with one attached hydrogen (secondary N) is 3. The number of aryl methyl sites for hydroxylation is 1. The molecular weight excluding hydrogens is 338 g/mol. The molecular formula is C18H21N3O3S. The molecule has 2 rings (SSSR count).